The molecule has 2 aromatic carbocycles. The van der Waals surface area contributed by atoms with Crippen LogP contribution in [0.4, 0.5) is 0 Å². The predicted molar refractivity (Wildman–Crippen MR) is 113 cm³/mol. The molecule has 29 heavy (non-hydrogen) atoms. The van der Waals surface area contributed by atoms with Gasteiger partial charge in [0.05, 0.1) is 20.1 Å². The molecule has 1 aliphatic carbocycles. The van der Waals surface area contributed by atoms with Crippen LogP contribution in [0.5, 0.6) is 11.5 Å². The van der Waals surface area contributed by atoms with Crippen LogP contribution in [-0.2, 0) is 22.4 Å². The van der Waals surface area contributed by atoms with Gasteiger partial charge < -0.3 is 14.2 Å². The summed E-state index contributed by atoms with van der Waals surface area (Å²) in [6.45, 7) is 7.37. The molecule has 0 radical (unpaired) electrons. The SMILES string of the molecule is COC(=O)CC1COc2cc(OC3CCc4c(CC(C)(C)C)cccc43)ccc21. The number of methoxy groups -OCH3 is 1. The van der Waals surface area contributed by atoms with Crippen LogP contribution in [-0.4, -0.2) is 19.7 Å². The van der Waals surface area contributed by atoms with Gasteiger partial charge in [-0.3, -0.25) is 4.79 Å². The number of hydrogen-bond donors (Lipinski definition) is 0. The van der Waals surface area contributed by atoms with Gasteiger partial charge in [0.1, 0.15) is 17.6 Å². The first kappa shape index (κ1) is 19.8. The van der Waals surface area contributed by atoms with Gasteiger partial charge in [0.2, 0.25) is 0 Å². The maximum Gasteiger partial charge on any atom is 0.306 e. The Morgan fingerprint density at radius 1 is 1.17 bits per heavy atom. The molecule has 154 valence electrons. The largest absolute Gasteiger partial charge is 0.492 e. The minimum absolute atomic E-state index is 0.0543. The highest BCUT2D eigenvalue weighted by atomic mass is 16.5. The molecule has 0 N–H and O–H groups in total. The Balaban J connectivity index is 1.50. The van der Waals surface area contributed by atoms with Crippen LogP contribution >= 0.6 is 0 Å². The van der Waals surface area contributed by atoms with E-state index in [9.17, 15) is 4.79 Å². The minimum atomic E-state index is -0.208. The zero-order chi connectivity index (χ0) is 20.6. The number of hydrogen-bond acceptors (Lipinski definition) is 4. The van der Waals surface area contributed by atoms with Gasteiger partial charge in [-0.2, -0.15) is 0 Å². The van der Waals surface area contributed by atoms with Crippen LogP contribution in [0, 0.1) is 5.41 Å². The highest BCUT2D eigenvalue weighted by Crippen LogP contribution is 2.42. The van der Waals surface area contributed by atoms with Crippen LogP contribution in [0.2, 0.25) is 0 Å². The summed E-state index contributed by atoms with van der Waals surface area (Å²) in [5.41, 5.74) is 5.55. The fraction of sp³-hybridized carbons (Fsp3) is 0.480. The summed E-state index contributed by atoms with van der Waals surface area (Å²) >= 11 is 0. The molecule has 1 aliphatic heterocycles. The monoisotopic (exact) mass is 394 g/mol. The van der Waals surface area contributed by atoms with Crippen LogP contribution in [0.1, 0.15) is 67.9 Å². The fourth-order valence-corrected chi connectivity index (χ4v) is 4.50. The zero-order valence-electron chi connectivity index (χ0n) is 17.8. The Morgan fingerprint density at radius 3 is 2.76 bits per heavy atom. The molecule has 4 nitrogen and oxygen atoms in total. The molecular formula is C25H30O4. The summed E-state index contributed by atoms with van der Waals surface area (Å²) < 4.78 is 17.0. The summed E-state index contributed by atoms with van der Waals surface area (Å²) in [6.07, 6.45) is 3.57. The third kappa shape index (κ3) is 4.26. The van der Waals surface area contributed by atoms with Crippen molar-refractivity contribution in [3.8, 4) is 11.5 Å². The number of ether oxygens (including phenoxy) is 3. The maximum absolute atomic E-state index is 11.6. The average Bonchev–Trinajstić information content (AvgIpc) is 3.25. The van der Waals surface area contributed by atoms with Crippen LogP contribution in [0.3, 0.4) is 0 Å². The lowest BCUT2D eigenvalue weighted by Crippen LogP contribution is -2.11. The molecule has 2 unspecified atom stereocenters. The highest BCUT2D eigenvalue weighted by molar-refractivity contribution is 5.71. The molecule has 2 atom stereocenters. The van der Waals surface area contributed by atoms with E-state index < -0.39 is 0 Å². The van der Waals surface area contributed by atoms with Gasteiger partial charge in [0, 0.05) is 17.5 Å². The number of carbonyl (C=O) groups excluding carboxylic acids is 1. The normalized spacial score (nSPS) is 20.0. The minimum Gasteiger partial charge on any atom is -0.492 e. The van der Waals surface area contributed by atoms with Crippen molar-refractivity contribution in [3.63, 3.8) is 0 Å². The van der Waals surface area contributed by atoms with Crippen molar-refractivity contribution in [1.29, 1.82) is 0 Å². The molecule has 0 bridgehead atoms. The van der Waals surface area contributed by atoms with Gasteiger partial charge in [0.25, 0.3) is 0 Å². The zero-order valence-corrected chi connectivity index (χ0v) is 17.8. The summed E-state index contributed by atoms with van der Waals surface area (Å²) in [5.74, 6) is 1.48. The van der Waals surface area contributed by atoms with Gasteiger partial charge in [-0.05, 0) is 47.4 Å². The van der Waals surface area contributed by atoms with E-state index in [1.54, 1.807) is 0 Å². The molecule has 2 aromatic rings. The van der Waals surface area contributed by atoms with Gasteiger partial charge in [-0.1, -0.05) is 45.0 Å². The second-order valence-corrected chi connectivity index (χ2v) is 9.36. The molecule has 0 amide bonds. The summed E-state index contributed by atoms with van der Waals surface area (Å²) in [4.78, 5) is 11.6. The van der Waals surface area contributed by atoms with E-state index in [2.05, 4.69) is 39.0 Å². The van der Waals surface area contributed by atoms with E-state index in [0.717, 1.165) is 36.3 Å². The smallest absolute Gasteiger partial charge is 0.306 e. The van der Waals surface area contributed by atoms with Crippen molar-refractivity contribution >= 4 is 5.97 Å². The Kier molecular flexibility index (Phi) is 5.28. The van der Waals surface area contributed by atoms with Gasteiger partial charge in [-0.25, -0.2) is 0 Å². The lowest BCUT2D eigenvalue weighted by Gasteiger charge is -2.21. The van der Waals surface area contributed by atoms with Crippen molar-refractivity contribution in [1.82, 2.24) is 0 Å². The van der Waals surface area contributed by atoms with Crippen molar-refractivity contribution in [2.45, 2.75) is 58.5 Å². The van der Waals surface area contributed by atoms with Crippen LogP contribution < -0.4 is 9.47 Å². The second-order valence-electron chi connectivity index (χ2n) is 9.36. The summed E-state index contributed by atoms with van der Waals surface area (Å²) in [6, 6.07) is 12.6. The Labute approximate surface area is 173 Å². The standard InChI is InChI=1S/C25H30O4/c1-25(2,3)14-16-6-5-7-21-19(16)10-11-22(21)29-18-8-9-20-17(12-24(26)27-4)15-28-23(20)13-18/h5-9,13,17,22H,10-12,14-15H2,1-4H3. The summed E-state index contributed by atoms with van der Waals surface area (Å²) in [7, 11) is 1.42. The van der Waals surface area contributed by atoms with Gasteiger partial charge in [0.15, 0.2) is 0 Å². The van der Waals surface area contributed by atoms with E-state index >= 15 is 0 Å². The van der Waals surface area contributed by atoms with E-state index in [4.69, 9.17) is 14.2 Å². The molecular weight excluding hydrogens is 364 g/mol. The number of esters is 1. The number of carbonyl (C=O) groups is 1. The average molecular weight is 395 g/mol. The summed E-state index contributed by atoms with van der Waals surface area (Å²) in [5, 5.41) is 0. The first-order valence-corrected chi connectivity index (χ1v) is 10.4. The number of rotatable bonds is 5. The van der Waals surface area contributed by atoms with Crippen molar-refractivity contribution in [2.24, 2.45) is 5.41 Å². The topological polar surface area (TPSA) is 44.8 Å². The molecule has 0 spiro atoms. The van der Waals surface area contributed by atoms with Crippen LogP contribution in [0.15, 0.2) is 36.4 Å². The molecule has 0 saturated carbocycles. The molecule has 4 heteroatoms. The first-order chi connectivity index (χ1) is 13.8. The van der Waals surface area contributed by atoms with E-state index in [0.29, 0.717) is 13.0 Å². The van der Waals surface area contributed by atoms with E-state index in [1.807, 2.05) is 18.2 Å². The third-order valence-corrected chi connectivity index (χ3v) is 5.82. The Bertz CT molecular complexity index is 910. The Hall–Kier alpha value is -2.49. The molecule has 0 saturated heterocycles. The second kappa shape index (κ2) is 7.74. The molecule has 0 aromatic heterocycles. The van der Waals surface area contributed by atoms with Crippen molar-refractivity contribution in [3.05, 3.63) is 58.7 Å². The maximum atomic E-state index is 11.6. The molecule has 1 heterocycles. The van der Waals surface area contributed by atoms with Crippen molar-refractivity contribution < 1.29 is 19.0 Å². The molecule has 2 aliphatic rings. The highest BCUT2D eigenvalue weighted by Gasteiger charge is 2.30. The third-order valence-electron chi connectivity index (χ3n) is 5.82. The quantitative estimate of drug-likeness (QED) is 0.639. The molecule has 0 fully saturated rings. The van der Waals surface area contributed by atoms with E-state index in [1.165, 1.54) is 23.8 Å². The van der Waals surface area contributed by atoms with Crippen LogP contribution in [0.25, 0.3) is 0 Å². The van der Waals surface area contributed by atoms with E-state index in [-0.39, 0.29) is 23.4 Å². The van der Waals surface area contributed by atoms with Gasteiger partial charge in [-0.15, -0.1) is 0 Å². The predicted octanol–water partition coefficient (Wildman–Crippen LogP) is 5.38. The van der Waals surface area contributed by atoms with Gasteiger partial charge >= 0.3 is 5.97 Å². The van der Waals surface area contributed by atoms with Crippen molar-refractivity contribution in [2.75, 3.05) is 13.7 Å². The first-order valence-electron chi connectivity index (χ1n) is 10.4. The Morgan fingerprint density at radius 2 is 2.00 bits per heavy atom. The molecule has 4 rings (SSSR count). The fourth-order valence-electron chi connectivity index (χ4n) is 4.50. The lowest BCUT2D eigenvalue weighted by atomic mass is 9.85. The number of benzene rings is 2. The number of fused-ring (bicyclic) bond motifs is 2. The lowest BCUT2D eigenvalue weighted by molar-refractivity contribution is -0.141.